The molecule has 0 aliphatic heterocycles. The van der Waals surface area contributed by atoms with Crippen LogP contribution in [0.5, 0.6) is 0 Å². The molecule has 1 N–H and O–H groups in total. The van der Waals surface area contributed by atoms with Gasteiger partial charge in [0.05, 0.1) is 12.3 Å². The van der Waals surface area contributed by atoms with Gasteiger partial charge in [0.25, 0.3) is 0 Å². The summed E-state index contributed by atoms with van der Waals surface area (Å²) in [5, 5.41) is 12.0. The lowest BCUT2D eigenvalue weighted by Crippen LogP contribution is -2.20. The Bertz CT molecular complexity index is 867. The summed E-state index contributed by atoms with van der Waals surface area (Å²) in [6.45, 7) is 0.639. The van der Waals surface area contributed by atoms with E-state index >= 15 is 0 Å². The van der Waals surface area contributed by atoms with Gasteiger partial charge in [0.1, 0.15) is 0 Å². The largest absolute Gasteiger partial charge is 0.358 e. The lowest BCUT2D eigenvalue weighted by atomic mass is 10.2. The predicted molar refractivity (Wildman–Crippen MR) is 103 cm³/mol. The van der Waals surface area contributed by atoms with Gasteiger partial charge >= 0.3 is 0 Å². The standard InChI is InChI=1S/C18H17BrN4OS/c1-20-16(24)12-25-18-22-21-17(14-9-5-6-10-15(14)19)23(18)11-13-7-3-2-4-8-13/h2-10H,11-12H2,1H3,(H,20,24). The number of amides is 1. The van der Waals surface area contributed by atoms with Gasteiger partial charge < -0.3 is 5.32 Å². The molecule has 128 valence electrons. The SMILES string of the molecule is CNC(=O)CSc1nnc(-c2ccccc2Br)n1Cc1ccccc1. The molecule has 0 unspecified atom stereocenters. The van der Waals surface area contributed by atoms with Crippen molar-refractivity contribution in [1.29, 1.82) is 0 Å². The third-order valence-electron chi connectivity index (χ3n) is 3.63. The minimum Gasteiger partial charge on any atom is -0.358 e. The highest BCUT2D eigenvalue weighted by Crippen LogP contribution is 2.30. The fraction of sp³-hybridized carbons (Fsp3) is 0.167. The molecular weight excluding hydrogens is 400 g/mol. The fourth-order valence-corrected chi connectivity index (χ4v) is 3.62. The first-order chi connectivity index (χ1) is 12.2. The first-order valence-corrected chi connectivity index (χ1v) is 9.52. The Kier molecular flexibility index (Phi) is 5.88. The number of hydrogen-bond donors (Lipinski definition) is 1. The van der Waals surface area contributed by atoms with E-state index in [9.17, 15) is 4.79 Å². The molecule has 2 aromatic carbocycles. The van der Waals surface area contributed by atoms with Crippen LogP contribution in [-0.4, -0.2) is 33.5 Å². The molecular formula is C18H17BrN4OS. The van der Waals surface area contributed by atoms with Crippen LogP contribution in [-0.2, 0) is 11.3 Å². The first-order valence-electron chi connectivity index (χ1n) is 7.74. The van der Waals surface area contributed by atoms with Gasteiger partial charge in [-0.05, 0) is 11.6 Å². The molecule has 1 aromatic heterocycles. The van der Waals surface area contributed by atoms with E-state index in [0.717, 1.165) is 26.6 Å². The molecule has 0 saturated carbocycles. The Balaban J connectivity index is 1.99. The van der Waals surface area contributed by atoms with E-state index < -0.39 is 0 Å². The number of halogens is 1. The van der Waals surface area contributed by atoms with E-state index in [4.69, 9.17) is 0 Å². The summed E-state index contributed by atoms with van der Waals surface area (Å²) < 4.78 is 3.00. The summed E-state index contributed by atoms with van der Waals surface area (Å²) in [6.07, 6.45) is 0. The van der Waals surface area contributed by atoms with Crippen LogP contribution in [0.2, 0.25) is 0 Å². The normalized spacial score (nSPS) is 10.6. The third-order valence-corrected chi connectivity index (χ3v) is 5.28. The van der Waals surface area contributed by atoms with E-state index in [-0.39, 0.29) is 5.91 Å². The van der Waals surface area contributed by atoms with Crippen LogP contribution >= 0.6 is 27.7 Å². The molecule has 0 bridgehead atoms. The summed E-state index contributed by atoms with van der Waals surface area (Å²) in [5.74, 6) is 1.04. The molecule has 0 aliphatic rings. The minimum absolute atomic E-state index is 0.0401. The first kappa shape index (κ1) is 17.7. The Morgan fingerprint density at radius 2 is 1.84 bits per heavy atom. The van der Waals surface area contributed by atoms with Crippen molar-refractivity contribution in [2.24, 2.45) is 0 Å². The van der Waals surface area contributed by atoms with Crippen molar-refractivity contribution in [3.05, 3.63) is 64.6 Å². The van der Waals surface area contributed by atoms with Gasteiger partial charge in [-0.1, -0.05) is 76.2 Å². The summed E-state index contributed by atoms with van der Waals surface area (Å²) in [4.78, 5) is 11.6. The van der Waals surface area contributed by atoms with Crippen molar-refractivity contribution in [3.63, 3.8) is 0 Å². The lowest BCUT2D eigenvalue weighted by Gasteiger charge is -2.11. The number of nitrogens with zero attached hydrogens (tertiary/aromatic N) is 3. The van der Waals surface area contributed by atoms with Crippen LogP contribution in [0.4, 0.5) is 0 Å². The molecule has 0 saturated heterocycles. The number of benzene rings is 2. The van der Waals surface area contributed by atoms with E-state index in [0.29, 0.717) is 12.3 Å². The molecule has 3 aromatic rings. The molecule has 1 amide bonds. The number of thioether (sulfide) groups is 1. The highest BCUT2D eigenvalue weighted by Gasteiger charge is 2.17. The van der Waals surface area contributed by atoms with Crippen molar-refractivity contribution >= 4 is 33.6 Å². The van der Waals surface area contributed by atoms with Gasteiger partial charge in [0, 0.05) is 17.1 Å². The van der Waals surface area contributed by atoms with Crippen LogP contribution in [0.3, 0.4) is 0 Å². The zero-order valence-corrected chi connectivity index (χ0v) is 16.0. The number of nitrogens with one attached hydrogen (secondary N) is 1. The van der Waals surface area contributed by atoms with Crippen molar-refractivity contribution in [2.75, 3.05) is 12.8 Å². The van der Waals surface area contributed by atoms with Crippen LogP contribution in [0.1, 0.15) is 5.56 Å². The molecule has 25 heavy (non-hydrogen) atoms. The van der Waals surface area contributed by atoms with E-state index in [1.807, 2.05) is 47.0 Å². The molecule has 0 aliphatic carbocycles. The fourth-order valence-electron chi connectivity index (χ4n) is 2.35. The Hall–Kier alpha value is -2.12. The zero-order chi connectivity index (χ0) is 17.6. The summed E-state index contributed by atoms with van der Waals surface area (Å²) >= 11 is 4.97. The van der Waals surface area contributed by atoms with Crippen molar-refractivity contribution in [1.82, 2.24) is 20.1 Å². The monoisotopic (exact) mass is 416 g/mol. The second-order valence-corrected chi connectivity index (χ2v) is 7.12. The van der Waals surface area contributed by atoms with Gasteiger partial charge in [-0.25, -0.2) is 0 Å². The average Bonchev–Trinajstić information content (AvgIpc) is 3.03. The Morgan fingerprint density at radius 3 is 2.56 bits per heavy atom. The van der Waals surface area contributed by atoms with Crippen LogP contribution in [0.15, 0.2) is 64.2 Å². The number of aromatic nitrogens is 3. The number of hydrogen-bond acceptors (Lipinski definition) is 4. The molecule has 5 nitrogen and oxygen atoms in total. The molecule has 0 spiro atoms. The zero-order valence-electron chi connectivity index (χ0n) is 13.6. The number of carbonyl (C=O) groups is 1. The second-order valence-electron chi connectivity index (χ2n) is 5.32. The lowest BCUT2D eigenvalue weighted by molar-refractivity contribution is -0.118. The third kappa shape index (κ3) is 4.29. The maximum Gasteiger partial charge on any atom is 0.230 e. The summed E-state index contributed by atoms with van der Waals surface area (Å²) in [7, 11) is 1.63. The van der Waals surface area contributed by atoms with Crippen LogP contribution < -0.4 is 5.32 Å². The van der Waals surface area contributed by atoms with E-state index in [2.05, 4.69) is 43.6 Å². The Morgan fingerprint density at radius 1 is 1.12 bits per heavy atom. The maximum atomic E-state index is 11.6. The minimum atomic E-state index is -0.0401. The van der Waals surface area contributed by atoms with Gasteiger partial charge in [0.2, 0.25) is 5.91 Å². The molecule has 7 heteroatoms. The quantitative estimate of drug-likeness (QED) is 0.623. The highest BCUT2D eigenvalue weighted by molar-refractivity contribution is 9.10. The number of carbonyl (C=O) groups excluding carboxylic acids is 1. The molecule has 0 fully saturated rings. The van der Waals surface area contributed by atoms with Gasteiger partial charge in [-0.2, -0.15) is 0 Å². The van der Waals surface area contributed by atoms with Crippen molar-refractivity contribution < 1.29 is 4.79 Å². The van der Waals surface area contributed by atoms with E-state index in [1.54, 1.807) is 7.05 Å². The van der Waals surface area contributed by atoms with Crippen LogP contribution in [0.25, 0.3) is 11.4 Å². The Labute approximate surface area is 159 Å². The van der Waals surface area contributed by atoms with Gasteiger partial charge in [-0.3, -0.25) is 9.36 Å². The van der Waals surface area contributed by atoms with Crippen LogP contribution in [0, 0.1) is 0 Å². The molecule has 0 radical (unpaired) electrons. The molecule has 3 rings (SSSR count). The summed E-state index contributed by atoms with van der Waals surface area (Å²) in [6, 6.07) is 18.1. The maximum absolute atomic E-state index is 11.6. The van der Waals surface area contributed by atoms with Gasteiger partial charge in [-0.15, -0.1) is 10.2 Å². The summed E-state index contributed by atoms with van der Waals surface area (Å²) in [5.41, 5.74) is 2.12. The van der Waals surface area contributed by atoms with E-state index in [1.165, 1.54) is 11.8 Å². The van der Waals surface area contributed by atoms with Crippen molar-refractivity contribution in [3.8, 4) is 11.4 Å². The predicted octanol–water partition coefficient (Wildman–Crippen LogP) is 3.59. The van der Waals surface area contributed by atoms with Gasteiger partial charge in [0.15, 0.2) is 11.0 Å². The van der Waals surface area contributed by atoms with Crippen molar-refractivity contribution in [2.45, 2.75) is 11.7 Å². The molecule has 1 heterocycles. The topological polar surface area (TPSA) is 59.8 Å². The average molecular weight is 417 g/mol. The number of rotatable bonds is 6. The molecule has 0 atom stereocenters. The second kappa shape index (κ2) is 8.31. The highest BCUT2D eigenvalue weighted by atomic mass is 79.9. The smallest absolute Gasteiger partial charge is 0.230 e.